The fourth-order valence-corrected chi connectivity index (χ4v) is 1.57. The summed E-state index contributed by atoms with van der Waals surface area (Å²) in [6.45, 7) is 2.93. The van der Waals surface area contributed by atoms with Crippen molar-refractivity contribution in [3.8, 4) is 0 Å². The van der Waals surface area contributed by atoms with Crippen molar-refractivity contribution in [1.29, 1.82) is 0 Å². The van der Waals surface area contributed by atoms with E-state index in [9.17, 15) is 24.5 Å². The van der Waals surface area contributed by atoms with Crippen LogP contribution in [0.25, 0.3) is 0 Å². The number of imide groups is 3. The number of amides is 3. The summed E-state index contributed by atoms with van der Waals surface area (Å²) in [7, 11) is 0. The smallest absolute Gasteiger partial charge is 0.423 e. The highest BCUT2D eigenvalue weighted by molar-refractivity contribution is 6.12. The third-order valence-electron chi connectivity index (χ3n) is 2.45. The Hall–Kier alpha value is -2.77. The van der Waals surface area contributed by atoms with Crippen molar-refractivity contribution in [1.82, 2.24) is 4.90 Å². The molecule has 20 heavy (non-hydrogen) atoms. The number of hydrogen-bond acceptors (Lipinski definition) is 6. The van der Waals surface area contributed by atoms with Crippen LogP contribution >= 0.6 is 0 Å². The summed E-state index contributed by atoms with van der Waals surface area (Å²) in [6.07, 6.45) is -1.21. The van der Waals surface area contributed by atoms with Crippen LogP contribution in [0.3, 0.4) is 0 Å². The number of nitrogens with zero attached hydrogens (tertiary/aromatic N) is 2. The minimum absolute atomic E-state index is 0.0313. The molecule has 0 radical (unpaired) electrons. The van der Waals surface area contributed by atoms with E-state index in [0.717, 1.165) is 6.07 Å². The van der Waals surface area contributed by atoms with Crippen LogP contribution in [0.4, 0.5) is 10.5 Å². The Kier molecular flexibility index (Phi) is 4.90. The molecule has 0 unspecified atom stereocenters. The van der Waals surface area contributed by atoms with Crippen molar-refractivity contribution in [3.63, 3.8) is 0 Å². The molecule has 0 saturated carbocycles. The Bertz CT molecular complexity index is 569. The fourth-order valence-electron chi connectivity index (χ4n) is 1.57. The molecule has 3 amide bonds. The molecule has 0 heterocycles. The van der Waals surface area contributed by atoms with Gasteiger partial charge in [-0.3, -0.25) is 19.7 Å². The number of ether oxygens (including phenoxy) is 1. The zero-order valence-corrected chi connectivity index (χ0v) is 10.9. The Balaban J connectivity index is 3.29. The summed E-state index contributed by atoms with van der Waals surface area (Å²) in [5, 5.41) is 10.9. The highest BCUT2D eigenvalue weighted by Crippen LogP contribution is 2.23. The molecule has 0 N–H and O–H groups in total. The Morgan fingerprint density at radius 1 is 1.45 bits per heavy atom. The molecule has 106 valence electrons. The predicted molar refractivity (Wildman–Crippen MR) is 67.1 cm³/mol. The van der Waals surface area contributed by atoms with Gasteiger partial charge in [0.2, 0.25) is 6.41 Å². The molecular weight excluding hydrogens is 268 g/mol. The van der Waals surface area contributed by atoms with Gasteiger partial charge in [0.25, 0.3) is 11.6 Å². The molecule has 0 saturated heterocycles. The van der Waals surface area contributed by atoms with Gasteiger partial charge in [-0.2, -0.15) is 4.90 Å². The number of nitro groups is 1. The second kappa shape index (κ2) is 6.41. The maximum Gasteiger partial charge on any atom is 0.423 e. The average molecular weight is 280 g/mol. The molecular formula is C12H12N2O6. The summed E-state index contributed by atoms with van der Waals surface area (Å²) >= 11 is 0. The Morgan fingerprint density at radius 2 is 2.10 bits per heavy atom. The summed E-state index contributed by atoms with van der Waals surface area (Å²) in [5.41, 5.74) is -0.524. The lowest BCUT2D eigenvalue weighted by Crippen LogP contribution is -2.36. The maximum absolute atomic E-state index is 12.1. The second-order valence-corrected chi connectivity index (χ2v) is 3.71. The van der Waals surface area contributed by atoms with Gasteiger partial charge >= 0.3 is 6.09 Å². The molecule has 0 atom stereocenters. The van der Waals surface area contributed by atoms with Gasteiger partial charge in [0.15, 0.2) is 0 Å². The first-order valence-electron chi connectivity index (χ1n) is 5.63. The third kappa shape index (κ3) is 2.97. The lowest BCUT2D eigenvalue weighted by atomic mass is 10.1. The van der Waals surface area contributed by atoms with Crippen LogP contribution in [-0.2, 0) is 9.53 Å². The van der Waals surface area contributed by atoms with E-state index in [1.165, 1.54) is 26.0 Å². The summed E-state index contributed by atoms with van der Waals surface area (Å²) < 4.78 is 4.54. The molecule has 0 aromatic heterocycles. The third-order valence-corrected chi connectivity index (χ3v) is 2.45. The van der Waals surface area contributed by atoms with Crippen LogP contribution in [0.1, 0.15) is 22.8 Å². The maximum atomic E-state index is 12.1. The molecule has 1 aromatic rings. The summed E-state index contributed by atoms with van der Waals surface area (Å²) in [5.74, 6) is -1.09. The summed E-state index contributed by atoms with van der Waals surface area (Å²) in [4.78, 5) is 44.8. The number of aryl methyl sites for hydroxylation is 1. The first-order valence-corrected chi connectivity index (χ1v) is 5.63. The minimum Gasteiger partial charge on any atom is -0.449 e. The van der Waals surface area contributed by atoms with Crippen LogP contribution in [0.2, 0.25) is 0 Å². The molecule has 0 bridgehead atoms. The van der Waals surface area contributed by atoms with Crippen LogP contribution in [0.15, 0.2) is 18.2 Å². The molecule has 8 nitrogen and oxygen atoms in total. The molecule has 0 aliphatic carbocycles. The second-order valence-electron chi connectivity index (χ2n) is 3.71. The standard InChI is InChI=1S/C12H12N2O6/c1-3-20-12(17)13(7-15)11(16)10-8(2)5-4-6-9(10)14(18)19/h4-7H,3H2,1-2H3. The largest absolute Gasteiger partial charge is 0.449 e. The van der Waals surface area contributed by atoms with Gasteiger partial charge < -0.3 is 4.74 Å². The van der Waals surface area contributed by atoms with Gasteiger partial charge in [0.1, 0.15) is 5.56 Å². The molecule has 0 fully saturated rings. The van der Waals surface area contributed by atoms with Crippen molar-refractivity contribution in [2.24, 2.45) is 0 Å². The molecule has 0 aliphatic heterocycles. The van der Waals surface area contributed by atoms with Gasteiger partial charge in [0, 0.05) is 6.07 Å². The highest BCUT2D eigenvalue weighted by atomic mass is 16.6. The Labute approximate surface area is 114 Å². The Morgan fingerprint density at radius 3 is 2.60 bits per heavy atom. The zero-order valence-electron chi connectivity index (χ0n) is 10.9. The highest BCUT2D eigenvalue weighted by Gasteiger charge is 2.30. The van der Waals surface area contributed by atoms with Crippen molar-refractivity contribution in [2.45, 2.75) is 13.8 Å². The zero-order chi connectivity index (χ0) is 15.3. The van der Waals surface area contributed by atoms with Gasteiger partial charge in [0.05, 0.1) is 11.5 Å². The number of nitro benzene ring substituents is 1. The number of carbonyl (C=O) groups excluding carboxylic acids is 3. The molecule has 8 heteroatoms. The van der Waals surface area contributed by atoms with E-state index in [1.807, 2.05) is 0 Å². The van der Waals surface area contributed by atoms with Crippen LogP contribution < -0.4 is 0 Å². The first kappa shape index (κ1) is 15.3. The summed E-state index contributed by atoms with van der Waals surface area (Å²) in [6, 6.07) is 3.99. The SMILES string of the molecule is CCOC(=O)N(C=O)C(=O)c1c(C)cccc1[N+](=O)[O-]. The van der Waals surface area contributed by atoms with E-state index in [4.69, 9.17) is 0 Å². The van der Waals surface area contributed by atoms with Crippen molar-refractivity contribution >= 4 is 24.1 Å². The monoisotopic (exact) mass is 280 g/mol. The van der Waals surface area contributed by atoms with E-state index < -0.39 is 22.6 Å². The van der Waals surface area contributed by atoms with E-state index in [1.54, 1.807) is 0 Å². The van der Waals surface area contributed by atoms with Crippen molar-refractivity contribution in [3.05, 3.63) is 39.4 Å². The normalized spacial score (nSPS) is 9.70. The first-order chi connectivity index (χ1) is 9.43. The predicted octanol–water partition coefficient (Wildman–Crippen LogP) is 1.66. The van der Waals surface area contributed by atoms with Crippen LogP contribution in [-0.4, -0.2) is 34.8 Å². The van der Waals surface area contributed by atoms with Crippen molar-refractivity contribution < 1.29 is 24.0 Å². The average Bonchev–Trinajstić information content (AvgIpc) is 2.39. The fraction of sp³-hybridized carbons (Fsp3) is 0.250. The topological polar surface area (TPSA) is 107 Å². The van der Waals surface area contributed by atoms with Gasteiger partial charge in [-0.05, 0) is 19.4 Å². The van der Waals surface area contributed by atoms with E-state index in [0.29, 0.717) is 0 Å². The molecule has 0 aliphatic rings. The van der Waals surface area contributed by atoms with Crippen LogP contribution in [0, 0.1) is 17.0 Å². The van der Waals surface area contributed by atoms with E-state index >= 15 is 0 Å². The number of benzene rings is 1. The van der Waals surface area contributed by atoms with Crippen molar-refractivity contribution in [2.75, 3.05) is 6.61 Å². The van der Waals surface area contributed by atoms with E-state index in [-0.39, 0.29) is 29.0 Å². The van der Waals surface area contributed by atoms with E-state index in [2.05, 4.69) is 4.74 Å². The number of rotatable bonds is 4. The van der Waals surface area contributed by atoms with Gasteiger partial charge in [-0.15, -0.1) is 0 Å². The minimum atomic E-state index is -1.18. The van der Waals surface area contributed by atoms with Crippen LogP contribution in [0.5, 0.6) is 0 Å². The molecule has 1 aromatic carbocycles. The number of carbonyl (C=O) groups is 3. The van der Waals surface area contributed by atoms with Gasteiger partial charge in [-0.25, -0.2) is 4.79 Å². The number of hydrogen-bond donors (Lipinski definition) is 0. The molecule has 1 rings (SSSR count). The lowest BCUT2D eigenvalue weighted by Gasteiger charge is -2.14. The quantitative estimate of drug-likeness (QED) is 0.471. The molecule has 0 spiro atoms. The lowest BCUT2D eigenvalue weighted by molar-refractivity contribution is -0.385. The van der Waals surface area contributed by atoms with Gasteiger partial charge in [-0.1, -0.05) is 12.1 Å².